The van der Waals surface area contributed by atoms with E-state index in [0.29, 0.717) is 17.2 Å². The molecule has 6 heteroatoms. The van der Waals surface area contributed by atoms with Gasteiger partial charge in [0.2, 0.25) is 5.91 Å². The van der Waals surface area contributed by atoms with Crippen molar-refractivity contribution < 1.29 is 14.3 Å². The number of hydrogen-bond donors (Lipinski definition) is 2. The van der Waals surface area contributed by atoms with Crippen LogP contribution in [0.5, 0.6) is 5.75 Å². The Bertz CT molecular complexity index is 392. The molecule has 17 heavy (non-hydrogen) atoms. The quantitative estimate of drug-likeness (QED) is 0.788. The topological polar surface area (TPSA) is 81.4 Å². The minimum atomic E-state index is -0.526. The van der Waals surface area contributed by atoms with Crippen LogP contribution in [0.2, 0.25) is 0 Å². The van der Waals surface area contributed by atoms with Crippen LogP contribution in [-0.2, 0) is 9.59 Å². The van der Waals surface area contributed by atoms with Crippen molar-refractivity contribution in [3.8, 4) is 5.75 Å². The smallest absolute Gasteiger partial charge is 0.255 e. The summed E-state index contributed by atoms with van der Waals surface area (Å²) in [7, 11) is 0. The Balaban J connectivity index is 2.49. The Hall–Kier alpha value is -1.69. The molecule has 0 saturated carbocycles. The Labute approximate surface area is 104 Å². The van der Waals surface area contributed by atoms with Crippen LogP contribution in [0.25, 0.3) is 0 Å². The summed E-state index contributed by atoms with van der Waals surface area (Å²) in [6.07, 6.45) is 1.86. The van der Waals surface area contributed by atoms with Crippen molar-refractivity contribution >= 4 is 29.3 Å². The van der Waals surface area contributed by atoms with Gasteiger partial charge >= 0.3 is 0 Å². The van der Waals surface area contributed by atoms with Gasteiger partial charge in [0.1, 0.15) is 5.75 Å². The number of benzene rings is 1. The molecule has 3 N–H and O–H groups in total. The monoisotopic (exact) mass is 254 g/mol. The van der Waals surface area contributed by atoms with Crippen LogP contribution in [0.15, 0.2) is 24.3 Å². The highest BCUT2D eigenvalue weighted by molar-refractivity contribution is 7.99. The van der Waals surface area contributed by atoms with Crippen LogP contribution in [0.4, 0.5) is 5.69 Å². The normalized spacial score (nSPS) is 9.71. The molecular formula is C11H14N2O3S. The number of rotatable bonds is 6. The first-order chi connectivity index (χ1) is 8.11. The lowest BCUT2D eigenvalue weighted by Gasteiger charge is -2.06. The Morgan fingerprint density at radius 3 is 2.53 bits per heavy atom. The van der Waals surface area contributed by atoms with Gasteiger partial charge in [-0.25, -0.2) is 0 Å². The molecule has 0 aromatic heterocycles. The fourth-order valence-electron chi connectivity index (χ4n) is 1.12. The lowest BCUT2D eigenvalue weighted by Crippen LogP contribution is -2.20. The fraction of sp³-hybridized carbons (Fsp3) is 0.273. The maximum Gasteiger partial charge on any atom is 0.255 e. The lowest BCUT2D eigenvalue weighted by molar-refractivity contribution is -0.120. The Morgan fingerprint density at radius 1 is 1.35 bits per heavy atom. The van der Waals surface area contributed by atoms with Gasteiger partial charge in [0, 0.05) is 5.69 Å². The fourth-order valence-corrected chi connectivity index (χ4v) is 1.45. The van der Waals surface area contributed by atoms with Crippen molar-refractivity contribution in [2.75, 3.05) is 23.9 Å². The number of hydrogen-bond acceptors (Lipinski definition) is 4. The van der Waals surface area contributed by atoms with Crippen LogP contribution in [0.1, 0.15) is 0 Å². The number of thioether (sulfide) groups is 1. The molecule has 92 valence electrons. The van der Waals surface area contributed by atoms with E-state index >= 15 is 0 Å². The highest BCUT2D eigenvalue weighted by atomic mass is 32.2. The van der Waals surface area contributed by atoms with E-state index in [4.69, 9.17) is 10.5 Å². The first kappa shape index (κ1) is 13.4. The minimum absolute atomic E-state index is 0.0525. The van der Waals surface area contributed by atoms with E-state index in [1.165, 1.54) is 11.8 Å². The highest BCUT2D eigenvalue weighted by Gasteiger charge is 2.01. The van der Waals surface area contributed by atoms with Crippen LogP contribution < -0.4 is 15.8 Å². The largest absolute Gasteiger partial charge is 0.484 e. The number of primary amides is 1. The molecule has 1 rings (SSSR count). The van der Waals surface area contributed by atoms with E-state index in [-0.39, 0.29) is 12.5 Å². The standard InChI is InChI=1S/C11H14N2O3S/c1-17-7-11(15)13-8-2-4-9(5-3-8)16-6-10(12)14/h2-5H,6-7H2,1H3,(H2,12,14)(H,13,15). The molecule has 0 heterocycles. The van der Waals surface area contributed by atoms with E-state index in [2.05, 4.69) is 5.32 Å². The highest BCUT2D eigenvalue weighted by Crippen LogP contribution is 2.15. The third-order valence-electron chi connectivity index (χ3n) is 1.79. The second kappa shape index (κ2) is 6.80. The van der Waals surface area contributed by atoms with Gasteiger partial charge < -0.3 is 15.8 Å². The zero-order chi connectivity index (χ0) is 12.7. The van der Waals surface area contributed by atoms with Crippen molar-refractivity contribution in [1.29, 1.82) is 0 Å². The number of anilines is 1. The molecule has 0 radical (unpaired) electrons. The number of ether oxygens (including phenoxy) is 1. The van der Waals surface area contributed by atoms with Gasteiger partial charge in [-0.05, 0) is 30.5 Å². The molecule has 1 aromatic carbocycles. The number of carbonyl (C=O) groups excluding carboxylic acids is 2. The number of amides is 2. The third-order valence-corrected chi connectivity index (χ3v) is 2.35. The van der Waals surface area contributed by atoms with Gasteiger partial charge in [-0.15, -0.1) is 0 Å². The van der Waals surface area contributed by atoms with Gasteiger partial charge in [0.15, 0.2) is 6.61 Å². The average Bonchev–Trinajstić information content (AvgIpc) is 2.28. The second-order valence-corrected chi connectivity index (χ2v) is 4.13. The van der Waals surface area contributed by atoms with Crippen molar-refractivity contribution in [3.63, 3.8) is 0 Å². The molecule has 0 saturated heterocycles. The predicted octanol–water partition coefficient (Wildman–Crippen LogP) is 0.852. The number of nitrogens with one attached hydrogen (secondary N) is 1. The van der Waals surface area contributed by atoms with E-state index in [0.717, 1.165) is 0 Å². The van der Waals surface area contributed by atoms with E-state index in [9.17, 15) is 9.59 Å². The molecule has 0 aliphatic rings. The molecule has 0 spiro atoms. The molecule has 5 nitrogen and oxygen atoms in total. The van der Waals surface area contributed by atoms with Crippen molar-refractivity contribution in [1.82, 2.24) is 0 Å². The summed E-state index contributed by atoms with van der Waals surface area (Å²) in [4.78, 5) is 21.8. The summed E-state index contributed by atoms with van der Waals surface area (Å²) in [6, 6.07) is 6.73. The molecule has 0 bridgehead atoms. The summed E-state index contributed by atoms with van der Waals surface area (Å²) >= 11 is 1.46. The van der Waals surface area contributed by atoms with Gasteiger partial charge in [-0.3, -0.25) is 9.59 Å². The van der Waals surface area contributed by atoms with Crippen LogP contribution in [-0.4, -0.2) is 30.4 Å². The van der Waals surface area contributed by atoms with Gasteiger partial charge in [-0.2, -0.15) is 11.8 Å². The Morgan fingerprint density at radius 2 is 2.00 bits per heavy atom. The zero-order valence-electron chi connectivity index (χ0n) is 9.43. The molecule has 1 aromatic rings. The molecule has 0 aliphatic heterocycles. The number of carbonyl (C=O) groups is 2. The van der Waals surface area contributed by atoms with Crippen LogP contribution >= 0.6 is 11.8 Å². The van der Waals surface area contributed by atoms with Crippen LogP contribution in [0, 0.1) is 0 Å². The van der Waals surface area contributed by atoms with Crippen molar-refractivity contribution in [3.05, 3.63) is 24.3 Å². The molecule has 0 atom stereocenters. The van der Waals surface area contributed by atoms with Crippen molar-refractivity contribution in [2.45, 2.75) is 0 Å². The van der Waals surface area contributed by atoms with E-state index in [1.807, 2.05) is 6.26 Å². The molecule has 2 amide bonds. The second-order valence-electron chi connectivity index (χ2n) is 3.26. The minimum Gasteiger partial charge on any atom is -0.484 e. The summed E-state index contributed by atoms with van der Waals surface area (Å²) < 4.78 is 5.08. The van der Waals surface area contributed by atoms with E-state index < -0.39 is 5.91 Å². The molecule has 0 unspecified atom stereocenters. The Kier molecular flexibility index (Phi) is 5.35. The lowest BCUT2D eigenvalue weighted by atomic mass is 10.3. The summed E-state index contributed by atoms with van der Waals surface area (Å²) in [5.74, 6) is 0.372. The zero-order valence-corrected chi connectivity index (χ0v) is 10.3. The van der Waals surface area contributed by atoms with Gasteiger partial charge in [0.25, 0.3) is 5.91 Å². The summed E-state index contributed by atoms with van der Waals surface area (Å²) in [5.41, 5.74) is 5.64. The molecule has 0 aliphatic carbocycles. The van der Waals surface area contributed by atoms with Crippen molar-refractivity contribution in [2.24, 2.45) is 5.73 Å². The predicted molar refractivity (Wildman–Crippen MR) is 68.1 cm³/mol. The summed E-state index contributed by atoms with van der Waals surface area (Å²) in [5, 5.41) is 2.73. The third kappa shape index (κ3) is 5.26. The van der Waals surface area contributed by atoms with Crippen LogP contribution in [0.3, 0.4) is 0 Å². The summed E-state index contributed by atoms with van der Waals surface area (Å²) in [6.45, 7) is -0.155. The average molecular weight is 254 g/mol. The maximum absolute atomic E-state index is 11.3. The molecule has 0 fully saturated rings. The molecular weight excluding hydrogens is 240 g/mol. The SMILES string of the molecule is CSCC(=O)Nc1ccc(OCC(N)=O)cc1. The van der Waals surface area contributed by atoms with Gasteiger partial charge in [-0.1, -0.05) is 0 Å². The van der Waals surface area contributed by atoms with E-state index in [1.54, 1.807) is 24.3 Å². The first-order valence-corrected chi connectivity index (χ1v) is 6.31. The van der Waals surface area contributed by atoms with Gasteiger partial charge in [0.05, 0.1) is 5.75 Å². The maximum atomic E-state index is 11.3. The first-order valence-electron chi connectivity index (χ1n) is 4.92. The number of nitrogens with two attached hydrogens (primary N) is 1.